The second-order valence-corrected chi connectivity index (χ2v) is 22.0. The smallest absolute Gasteiger partial charge is 0.361 e. The summed E-state index contributed by atoms with van der Waals surface area (Å²) in [5.74, 6) is -2.04. The Morgan fingerprint density at radius 3 is 1.10 bits per heavy atom. The molecule has 0 radical (unpaired) electrons. The molecule has 0 aromatic carbocycles. The van der Waals surface area contributed by atoms with Crippen molar-refractivity contribution in [2.75, 3.05) is 47.5 Å². The number of carbonyl (C=O) groups excluding carboxylic acids is 2. The molecule has 77 heavy (non-hydrogen) atoms. The van der Waals surface area contributed by atoms with Gasteiger partial charge in [0, 0.05) is 12.8 Å². The lowest BCUT2D eigenvalue weighted by molar-refractivity contribution is -0.870. The molecule has 0 aliphatic heterocycles. The lowest BCUT2D eigenvalue weighted by Gasteiger charge is -2.25. The largest absolute Gasteiger partial charge is 0.477 e. The van der Waals surface area contributed by atoms with Crippen molar-refractivity contribution < 1.29 is 42.9 Å². The number of aliphatic carboxylic acids is 1. The lowest BCUT2D eigenvalue weighted by Crippen LogP contribution is -2.40. The SMILES string of the molecule is CC/C=C\C/C=C\C/C=C\C/C=C\C/C=C\C/C=C\CCCCCCC(=O)OC(COC(=O)CCCCCCCCCCCCCCCCCCC/C=C\C/C=C\CCCCCCC)COC(OCC[N+](C)(C)C)C(=O)O. The van der Waals surface area contributed by atoms with E-state index < -0.39 is 24.3 Å². The molecular weight excluding hydrogens is 959 g/mol. The summed E-state index contributed by atoms with van der Waals surface area (Å²) < 4.78 is 22.9. The summed E-state index contributed by atoms with van der Waals surface area (Å²) in [7, 11) is 5.96. The highest BCUT2D eigenvalue weighted by Crippen LogP contribution is 2.16. The molecule has 0 spiro atoms. The molecule has 9 heteroatoms. The Labute approximate surface area is 473 Å². The Kier molecular flexibility index (Phi) is 55.5. The highest BCUT2D eigenvalue weighted by atomic mass is 16.7. The lowest BCUT2D eigenvalue weighted by atomic mass is 10.0. The minimum Gasteiger partial charge on any atom is -0.477 e. The van der Waals surface area contributed by atoms with Crippen LogP contribution in [0.2, 0.25) is 0 Å². The van der Waals surface area contributed by atoms with E-state index in [2.05, 4.69) is 111 Å². The third kappa shape index (κ3) is 59.7. The third-order valence-electron chi connectivity index (χ3n) is 13.3. The first-order valence-electron chi connectivity index (χ1n) is 31.4. The number of likely N-dealkylation sites (N-methyl/N-ethyl adjacent to an activating group) is 1. The highest BCUT2D eigenvalue weighted by Gasteiger charge is 2.25. The van der Waals surface area contributed by atoms with Crippen LogP contribution >= 0.6 is 0 Å². The quantitative estimate of drug-likeness (QED) is 0.0211. The van der Waals surface area contributed by atoms with Gasteiger partial charge >= 0.3 is 17.9 Å². The molecule has 0 aliphatic rings. The zero-order valence-corrected chi connectivity index (χ0v) is 50.3. The number of carboxylic acid groups (broad SMARTS) is 1. The Balaban J connectivity index is 4.22. The van der Waals surface area contributed by atoms with Crippen LogP contribution in [0, 0.1) is 0 Å². The molecule has 0 aliphatic carbocycles. The third-order valence-corrected chi connectivity index (χ3v) is 13.3. The summed E-state index contributed by atoms with van der Waals surface area (Å²) in [5.41, 5.74) is 0. The van der Waals surface area contributed by atoms with E-state index in [0.717, 1.165) is 89.9 Å². The van der Waals surface area contributed by atoms with Crippen molar-refractivity contribution in [3.63, 3.8) is 0 Å². The molecular formula is C68H118NO8+. The number of unbranched alkanes of at least 4 members (excludes halogenated alkanes) is 26. The first kappa shape index (κ1) is 73.2. The average molecular weight is 1080 g/mol. The van der Waals surface area contributed by atoms with Crippen LogP contribution in [0.4, 0.5) is 0 Å². The van der Waals surface area contributed by atoms with Gasteiger partial charge in [0.2, 0.25) is 0 Å². The second kappa shape index (κ2) is 58.4. The van der Waals surface area contributed by atoms with E-state index in [0.29, 0.717) is 23.9 Å². The van der Waals surface area contributed by atoms with Gasteiger partial charge in [-0.1, -0.05) is 246 Å². The van der Waals surface area contributed by atoms with Crippen LogP contribution < -0.4 is 0 Å². The molecule has 0 heterocycles. The Hall–Kier alpha value is -3.79. The van der Waals surface area contributed by atoms with Gasteiger partial charge in [0.25, 0.3) is 6.29 Å². The number of ether oxygens (including phenoxy) is 4. The molecule has 0 saturated carbocycles. The van der Waals surface area contributed by atoms with Crippen molar-refractivity contribution in [3.8, 4) is 0 Å². The molecule has 0 amide bonds. The first-order valence-corrected chi connectivity index (χ1v) is 31.4. The summed E-state index contributed by atoms with van der Waals surface area (Å²) >= 11 is 0. The standard InChI is InChI=1S/C68H117NO8/c1-6-8-10-12-14-16-18-20-22-24-26-28-30-31-32-33-34-35-37-38-40-42-44-46-48-50-52-54-56-58-65(70)75-62-64(63-76-68(67(72)73)74-61-60-69(3,4)5)77-66(71)59-57-55-53-51-49-47-45-43-41-39-36-29-27-25-23-21-19-17-15-13-11-9-7-2/h9,11,15,17-18,20-21,23-24,26-27,29,39,41,45,47,64,68H,6-8,10,12-14,16,19,22,25,28,30-38,40,42-44,46,48-63H2,1-5H3/p+1/b11-9-,17-15-,20-18-,23-21-,26-24-,29-27-,41-39-,47-45-. The molecule has 1 N–H and O–H groups in total. The zero-order valence-electron chi connectivity index (χ0n) is 50.3. The van der Waals surface area contributed by atoms with Gasteiger partial charge in [0.15, 0.2) is 6.10 Å². The number of quaternary nitrogens is 1. The van der Waals surface area contributed by atoms with Crippen molar-refractivity contribution in [2.45, 2.75) is 270 Å². The number of nitrogens with zero attached hydrogens (tertiary/aromatic N) is 1. The fourth-order valence-electron chi connectivity index (χ4n) is 8.52. The molecule has 0 saturated heterocycles. The van der Waals surface area contributed by atoms with Crippen LogP contribution in [-0.2, 0) is 33.3 Å². The van der Waals surface area contributed by atoms with Gasteiger partial charge in [0.1, 0.15) is 13.2 Å². The van der Waals surface area contributed by atoms with E-state index in [9.17, 15) is 19.5 Å². The fraction of sp³-hybridized carbons (Fsp3) is 0.721. The summed E-state index contributed by atoms with van der Waals surface area (Å²) in [6.45, 7) is 4.73. The Bertz CT molecular complexity index is 1580. The minimum atomic E-state index is -1.52. The van der Waals surface area contributed by atoms with Crippen molar-refractivity contribution >= 4 is 17.9 Å². The Morgan fingerprint density at radius 1 is 0.403 bits per heavy atom. The van der Waals surface area contributed by atoms with E-state index in [1.165, 1.54) is 135 Å². The van der Waals surface area contributed by atoms with Crippen LogP contribution in [0.3, 0.4) is 0 Å². The zero-order chi connectivity index (χ0) is 56.2. The van der Waals surface area contributed by atoms with E-state index >= 15 is 0 Å². The maximum absolute atomic E-state index is 12.9. The van der Waals surface area contributed by atoms with Gasteiger partial charge in [-0.3, -0.25) is 9.59 Å². The predicted molar refractivity (Wildman–Crippen MR) is 327 cm³/mol. The summed E-state index contributed by atoms with van der Waals surface area (Å²) in [6, 6.07) is 0. The molecule has 2 atom stereocenters. The second-order valence-electron chi connectivity index (χ2n) is 22.0. The van der Waals surface area contributed by atoms with Gasteiger partial charge in [-0.2, -0.15) is 0 Å². The number of hydrogen-bond donors (Lipinski definition) is 1. The number of allylic oxidation sites excluding steroid dienone is 16. The van der Waals surface area contributed by atoms with Gasteiger partial charge in [-0.15, -0.1) is 0 Å². The van der Waals surface area contributed by atoms with Gasteiger partial charge in [0.05, 0.1) is 34.4 Å². The van der Waals surface area contributed by atoms with Crippen LogP contribution in [0.5, 0.6) is 0 Å². The monoisotopic (exact) mass is 1080 g/mol. The van der Waals surface area contributed by atoms with Crippen molar-refractivity contribution in [2.24, 2.45) is 0 Å². The van der Waals surface area contributed by atoms with Crippen LogP contribution in [0.1, 0.15) is 258 Å². The number of carbonyl (C=O) groups is 3. The summed E-state index contributed by atoms with van der Waals surface area (Å²) in [4.78, 5) is 37.5. The van der Waals surface area contributed by atoms with Crippen LogP contribution in [-0.4, -0.2) is 87.4 Å². The van der Waals surface area contributed by atoms with Gasteiger partial charge < -0.3 is 28.5 Å². The molecule has 0 aromatic heterocycles. The number of carboxylic acids is 1. The number of hydrogen-bond acceptors (Lipinski definition) is 7. The van der Waals surface area contributed by atoms with E-state index in [4.69, 9.17) is 18.9 Å². The normalized spacial score (nSPS) is 13.4. The summed E-state index contributed by atoms with van der Waals surface area (Å²) in [5, 5.41) is 9.72. The van der Waals surface area contributed by atoms with E-state index in [1.54, 1.807) is 0 Å². The van der Waals surface area contributed by atoms with E-state index in [-0.39, 0.29) is 32.2 Å². The van der Waals surface area contributed by atoms with Gasteiger partial charge in [-0.05, 0) is 96.3 Å². The summed E-state index contributed by atoms with van der Waals surface area (Å²) in [6.07, 6.45) is 76.4. The molecule has 0 bridgehead atoms. The highest BCUT2D eigenvalue weighted by molar-refractivity contribution is 5.71. The molecule has 9 nitrogen and oxygen atoms in total. The number of rotatable bonds is 57. The van der Waals surface area contributed by atoms with E-state index in [1.807, 2.05) is 21.1 Å². The topological polar surface area (TPSA) is 108 Å². The maximum atomic E-state index is 12.9. The van der Waals surface area contributed by atoms with Crippen LogP contribution in [0.25, 0.3) is 0 Å². The number of esters is 2. The average Bonchev–Trinajstić information content (AvgIpc) is 3.40. The first-order chi connectivity index (χ1) is 37.6. The molecule has 0 rings (SSSR count). The minimum absolute atomic E-state index is 0.178. The van der Waals surface area contributed by atoms with Crippen molar-refractivity contribution in [1.82, 2.24) is 0 Å². The molecule has 2 unspecified atom stereocenters. The van der Waals surface area contributed by atoms with Crippen molar-refractivity contribution in [3.05, 3.63) is 97.2 Å². The van der Waals surface area contributed by atoms with Gasteiger partial charge in [-0.25, -0.2) is 4.79 Å². The molecule has 442 valence electrons. The Morgan fingerprint density at radius 2 is 0.740 bits per heavy atom. The van der Waals surface area contributed by atoms with Crippen LogP contribution in [0.15, 0.2) is 97.2 Å². The molecule has 0 aromatic rings. The fourth-order valence-corrected chi connectivity index (χ4v) is 8.52. The molecule has 0 fully saturated rings. The maximum Gasteiger partial charge on any atom is 0.361 e. The predicted octanol–water partition coefficient (Wildman–Crippen LogP) is 18.9. The van der Waals surface area contributed by atoms with Crippen molar-refractivity contribution in [1.29, 1.82) is 0 Å².